The van der Waals surface area contributed by atoms with Gasteiger partial charge in [0.05, 0.1) is 21.3 Å². The molecule has 3 heterocycles. The van der Waals surface area contributed by atoms with Crippen molar-refractivity contribution < 1.29 is 13.2 Å². The molecular formula is C23H19ClF3N3S. The van der Waals surface area contributed by atoms with Gasteiger partial charge < -0.3 is 0 Å². The number of halogens is 4. The van der Waals surface area contributed by atoms with Crippen molar-refractivity contribution in [3.8, 4) is 26.7 Å². The Bertz CT molecular complexity index is 1240. The highest BCUT2D eigenvalue weighted by Crippen LogP contribution is 2.39. The molecule has 0 bridgehead atoms. The maximum Gasteiger partial charge on any atom is 0.435 e. The lowest BCUT2D eigenvalue weighted by molar-refractivity contribution is -0.141. The number of pyridine rings is 1. The van der Waals surface area contributed by atoms with E-state index >= 15 is 0 Å². The molecule has 4 aromatic rings. The lowest BCUT2D eigenvalue weighted by Gasteiger charge is -2.18. The Morgan fingerprint density at radius 1 is 0.935 bits per heavy atom. The number of hydrogen-bond acceptors (Lipinski definition) is 3. The molecule has 0 radical (unpaired) electrons. The second-order valence-electron chi connectivity index (χ2n) is 8.15. The highest BCUT2D eigenvalue weighted by molar-refractivity contribution is 7.18. The summed E-state index contributed by atoms with van der Waals surface area (Å²) in [5.74, 6) is 0. The Labute approximate surface area is 187 Å². The molecule has 0 saturated heterocycles. The summed E-state index contributed by atoms with van der Waals surface area (Å²) in [5, 5.41) is 4.14. The zero-order valence-electron chi connectivity index (χ0n) is 17.0. The van der Waals surface area contributed by atoms with Crippen LogP contribution in [0.2, 0.25) is 5.02 Å². The van der Waals surface area contributed by atoms with Gasteiger partial charge in [0, 0.05) is 22.8 Å². The average molecular weight is 462 g/mol. The first kappa shape index (κ1) is 21.6. The van der Waals surface area contributed by atoms with Crippen LogP contribution in [-0.4, -0.2) is 14.8 Å². The highest BCUT2D eigenvalue weighted by atomic mass is 35.5. The fourth-order valence-electron chi connectivity index (χ4n) is 3.12. The van der Waals surface area contributed by atoms with E-state index < -0.39 is 11.9 Å². The molecule has 0 saturated carbocycles. The van der Waals surface area contributed by atoms with E-state index in [0.717, 1.165) is 22.1 Å². The first-order valence-corrected chi connectivity index (χ1v) is 10.7. The lowest BCUT2D eigenvalue weighted by Crippen LogP contribution is -2.11. The van der Waals surface area contributed by atoms with Gasteiger partial charge in [-0.15, -0.1) is 11.3 Å². The Hall–Kier alpha value is -2.64. The molecule has 3 nitrogen and oxygen atoms in total. The van der Waals surface area contributed by atoms with Gasteiger partial charge in [-0.05, 0) is 47.4 Å². The minimum Gasteiger partial charge on any atom is -0.264 e. The fraction of sp³-hybridized carbons (Fsp3) is 0.217. The molecule has 0 unspecified atom stereocenters. The summed E-state index contributed by atoms with van der Waals surface area (Å²) in [4.78, 5) is 5.91. The Balaban J connectivity index is 1.82. The van der Waals surface area contributed by atoms with E-state index in [1.54, 1.807) is 36.5 Å². The maximum atomic E-state index is 13.4. The van der Waals surface area contributed by atoms with Crippen LogP contribution < -0.4 is 0 Å². The zero-order valence-corrected chi connectivity index (χ0v) is 18.6. The van der Waals surface area contributed by atoms with E-state index in [-0.39, 0.29) is 5.41 Å². The first-order chi connectivity index (χ1) is 14.5. The number of aromatic nitrogens is 3. The average Bonchev–Trinajstić information content (AvgIpc) is 3.35. The van der Waals surface area contributed by atoms with E-state index in [0.29, 0.717) is 21.3 Å². The quantitative estimate of drug-likeness (QED) is 0.314. The van der Waals surface area contributed by atoms with Crippen LogP contribution in [0.1, 0.15) is 32.0 Å². The third-order valence-corrected chi connectivity index (χ3v) is 6.30. The molecule has 160 valence electrons. The van der Waals surface area contributed by atoms with Crippen LogP contribution in [0.5, 0.6) is 0 Å². The molecule has 0 aliphatic heterocycles. The van der Waals surface area contributed by atoms with Crippen LogP contribution in [0.15, 0.2) is 60.9 Å². The van der Waals surface area contributed by atoms with Gasteiger partial charge in [-0.2, -0.15) is 18.3 Å². The standard InChI is InChI=1S/C23H19ClF3N3S/c1-22(2,3)15-10-14(12-28-13-15)19-8-9-20(31-19)18-11-21(23(25,26)27)29-30(18)17-7-5-4-6-16(17)24/h4-13H,1-3H3. The summed E-state index contributed by atoms with van der Waals surface area (Å²) < 4.78 is 41.5. The van der Waals surface area contributed by atoms with Crippen molar-refractivity contribution in [2.45, 2.75) is 32.4 Å². The van der Waals surface area contributed by atoms with Crippen molar-refractivity contribution >= 4 is 22.9 Å². The molecule has 0 amide bonds. The molecule has 0 N–H and O–H groups in total. The Morgan fingerprint density at radius 2 is 1.65 bits per heavy atom. The van der Waals surface area contributed by atoms with E-state index in [4.69, 9.17) is 11.6 Å². The fourth-order valence-corrected chi connectivity index (χ4v) is 4.32. The van der Waals surface area contributed by atoms with Gasteiger partial charge in [0.2, 0.25) is 0 Å². The molecule has 31 heavy (non-hydrogen) atoms. The van der Waals surface area contributed by atoms with E-state index in [1.165, 1.54) is 16.0 Å². The summed E-state index contributed by atoms with van der Waals surface area (Å²) in [5.41, 5.74) is 1.70. The van der Waals surface area contributed by atoms with E-state index in [2.05, 4.69) is 36.9 Å². The van der Waals surface area contributed by atoms with Crippen molar-refractivity contribution in [3.63, 3.8) is 0 Å². The monoisotopic (exact) mass is 461 g/mol. The zero-order chi connectivity index (χ0) is 22.4. The van der Waals surface area contributed by atoms with Crippen LogP contribution in [0.25, 0.3) is 26.7 Å². The minimum atomic E-state index is -4.56. The predicted octanol–water partition coefficient (Wildman–Crippen LogP) is 7.63. The molecule has 0 fully saturated rings. The molecule has 0 aliphatic carbocycles. The number of para-hydroxylation sites is 1. The topological polar surface area (TPSA) is 30.7 Å². The van der Waals surface area contributed by atoms with Crippen LogP contribution in [0.3, 0.4) is 0 Å². The third kappa shape index (κ3) is 4.38. The summed E-state index contributed by atoms with van der Waals surface area (Å²) in [6, 6.07) is 13.5. The summed E-state index contributed by atoms with van der Waals surface area (Å²) in [6.07, 6.45) is -0.968. The summed E-state index contributed by atoms with van der Waals surface area (Å²) in [7, 11) is 0. The number of hydrogen-bond donors (Lipinski definition) is 0. The summed E-state index contributed by atoms with van der Waals surface area (Å²) >= 11 is 7.64. The van der Waals surface area contributed by atoms with Gasteiger partial charge in [0.1, 0.15) is 0 Å². The molecule has 0 atom stereocenters. The SMILES string of the molecule is CC(C)(C)c1cncc(-c2ccc(-c3cc(C(F)(F)F)nn3-c3ccccc3Cl)s2)c1. The molecule has 3 aromatic heterocycles. The second-order valence-corrected chi connectivity index (χ2v) is 9.64. The smallest absolute Gasteiger partial charge is 0.264 e. The molecule has 8 heteroatoms. The first-order valence-electron chi connectivity index (χ1n) is 9.52. The van der Waals surface area contributed by atoms with Crippen molar-refractivity contribution in [1.29, 1.82) is 0 Å². The lowest BCUT2D eigenvalue weighted by atomic mass is 9.87. The normalized spacial score (nSPS) is 12.4. The van der Waals surface area contributed by atoms with Crippen LogP contribution in [-0.2, 0) is 11.6 Å². The van der Waals surface area contributed by atoms with E-state index in [9.17, 15) is 13.2 Å². The van der Waals surface area contributed by atoms with Gasteiger partial charge in [-0.25, -0.2) is 4.68 Å². The van der Waals surface area contributed by atoms with Crippen LogP contribution in [0, 0.1) is 0 Å². The number of alkyl halides is 3. The van der Waals surface area contributed by atoms with Crippen molar-refractivity contribution in [3.05, 3.63) is 77.2 Å². The molecule has 0 spiro atoms. The third-order valence-electron chi connectivity index (χ3n) is 4.83. The van der Waals surface area contributed by atoms with Gasteiger partial charge in [-0.3, -0.25) is 4.98 Å². The molecule has 0 aliphatic rings. The highest BCUT2D eigenvalue weighted by Gasteiger charge is 2.35. The van der Waals surface area contributed by atoms with Gasteiger partial charge >= 0.3 is 6.18 Å². The van der Waals surface area contributed by atoms with E-state index in [1.807, 2.05) is 12.3 Å². The van der Waals surface area contributed by atoms with Crippen molar-refractivity contribution in [2.75, 3.05) is 0 Å². The predicted molar refractivity (Wildman–Crippen MR) is 119 cm³/mol. The second kappa shape index (κ2) is 7.80. The Kier molecular flexibility index (Phi) is 5.43. The molecule has 4 rings (SSSR count). The van der Waals surface area contributed by atoms with Gasteiger partial charge in [0.15, 0.2) is 5.69 Å². The number of rotatable bonds is 3. The van der Waals surface area contributed by atoms with Crippen LogP contribution >= 0.6 is 22.9 Å². The number of nitrogens with zero attached hydrogens (tertiary/aromatic N) is 3. The number of benzene rings is 1. The summed E-state index contributed by atoms with van der Waals surface area (Å²) in [6.45, 7) is 6.32. The van der Waals surface area contributed by atoms with Gasteiger partial charge in [-0.1, -0.05) is 44.5 Å². The molecular weight excluding hydrogens is 443 g/mol. The number of thiophene rings is 1. The van der Waals surface area contributed by atoms with Crippen molar-refractivity contribution in [2.24, 2.45) is 0 Å². The van der Waals surface area contributed by atoms with Gasteiger partial charge in [0.25, 0.3) is 0 Å². The maximum absolute atomic E-state index is 13.4. The van der Waals surface area contributed by atoms with Crippen molar-refractivity contribution in [1.82, 2.24) is 14.8 Å². The largest absolute Gasteiger partial charge is 0.435 e. The molecule has 1 aromatic carbocycles. The van der Waals surface area contributed by atoms with Crippen LogP contribution in [0.4, 0.5) is 13.2 Å². The Morgan fingerprint density at radius 3 is 2.32 bits per heavy atom. The minimum absolute atomic E-state index is 0.0621.